The molecule has 4 nitrogen and oxygen atoms in total. The van der Waals surface area contributed by atoms with Crippen LogP contribution in [-0.2, 0) is 4.79 Å². The summed E-state index contributed by atoms with van der Waals surface area (Å²) in [5.74, 6) is 0.623. The van der Waals surface area contributed by atoms with E-state index in [9.17, 15) is 9.90 Å². The highest BCUT2D eigenvalue weighted by Crippen LogP contribution is 2.24. The standard InChI is InChI=1S/C16H20N2O2S/c19-14-9-5-4-8-12(14)17-15(20)13-10-21-16(18-13)11-6-2-1-3-7-11/h1-3,6-7,12-14,19H,4-5,8-10H2,(H,17,20). The van der Waals surface area contributed by atoms with Crippen LogP contribution in [0.3, 0.4) is 0 Å². The van der Waals surface area contributed by atoms with E-state index in [0.29, 0.717) is 5.75 Å². The molecule has 112 valence electrons. The Morgan fingerprint density at radius 2 is 2.00 bits per heavy atom. The Morgan fingerprint density at radius 1 is 1.24 bits per heavy atom. The first-order chi connectivity index (χ1) is 10.2. The number of carbonyl (C=O) groups is 1. The molecule has 3 atom stereocenters. The van der Waals surface area contributed by atoms with Crippen LogP contribution in [0, 0.1) is 0 Å². The molecule has 1 aliphatic heterocycles. The minimum Gasteiger partial charge on any atom is -0.391 e. The third kappa shape index (κ3) is 3.47. The van der Waals surface area contributed by atoms with Gasteiger partial charge in [0.15, 0.2) is 0 Å². The number of thioether (sulfide) groups is 1. The van der Waals surface area contributed by atoms with E-state index in [1.54, 1.807) is 11.8 Å². The fourth-order valence-electron chi connectivity index (χ4n) is 2.81. The number of aliphatic hydroxyl groups is 1. The van der Waals surface area contributed by atoms with E-state index in [2.05, 4.69) is 10.3 Å². The summed E-state index contributed by atoms with van der Waals surface area (Å²) in [6.45, 7) is 0. The molecule has 5 heteroatoms. The number of benzene rings is 1. The lowest BCUT2D eigenvalue weighted by Gasteiger charge is -2.28. The molecule has 1 aromatic carbocycles. The van der Waals surface area contributed by atoms with Crippen LogP contribution in [0.15, 0.2) is 35.3 Å². The third-order valence-electron chi connectivity index (χ3n) is 4.03. The number of hydrogen-bond acceptors (Lipinski definition) is 4. The topological polar surface area (TPSA) is 61.7 Å². The zero-order chi connectivity index (χ0) is 14.7. The van der Waals surface area contributed by atoms with Gasteiger partial charge < -0.3 is 10.4 Å². The van der Waals surface area contributed by atoms with Crippen LogP contribution in [-0.4, -0.2) is 40.0 Å². The second kappa shape index (κ2) is 6.62. The first-order valence-electron chi connectivity index (χ1n) is 7.48. The van der Waals surface area contributed by atoms with Gasteiger partial charge in [-0.05, 0) is 12.8 Å². The molecule has 2 aliphatic rings. The Balaban J connectivity index is 1.62. The van der Waals surface area contributed by atoms with Gasteiger partial charge in [-0.1, -0.05) is 43.2 Å². The fraction of sp³-hybridized carbons (Fsp3) is 0.500. The fourth-order valence-corrected chi connectivity index (χ4v) is 3.85. The van der Waals surface area contributed by atoms with Crippen molar-refractivity contribution in [2.75, 3.05) is 5.75 Å². The van der Waals surface area contributed by atoms with Crippen molar-refractivity contribution in [2.45, 2.75) is 43.9 Å². The van der Waals surface area contributed by atoms with E-state index in [0.717, 1.165) is 36.3 Å². The number of hydrogen-bond donors (Lipinski definition) is 2. The number of nitrogens with zero attached hydrogens (tertiary/aromatic N) is 1. The molecule has 2 N–H and O–H groups in total. The molecule has 3 rings (SSSR count). The van der Waals surface area contributed by atoms with Gasteiger partial charge in [-0.3, -0.25) is 9.79 Å². The van der Waals surface area contributed by atoms with Crippen LogP contribution in [0.2, 0.25) is 0 Å². The molecule has 1 heterocycles. The van der Waals surface area contributed by atoms with Gasteiger partial charge in [0, 0.05) is 11.3 Å². The predicted octanol–water partition coefficient (Wildman–Crippen LogP) is 1.97. The average molecular weight is 304 g/mol. The number of rotatable bonds is 3. The van der Waals surface area contributed by atoms with Crippen LogP contribution in [0.25, 0.3) is 0 Å². The summed E-state index contributed by atoms with van der Waals surface area (Å²) in [4.78, 5) is 16.8. The van der Waals surface area contributed by atoms with Crippen LogP contribution >= 0.6 is 11.8 Å². The maximum atomic E-state index is 12.3. The molecule has 0 spiro atoms. The van der Waals surface area contributed by atoms with Gasteiger partial charge in [0.2, 0.25) is 5.91 Å². The van der Waals surface area contributed by atoms with Crippen molar-refractivity contribution >= 4 is 22.7 Å². The van der Waals surface area contributed by atoms with E-state index in [4.69, 9.17) is 0 Å². The minimum absolute atomic E-state index is 0.0561. The van der Waals surface area contributed by atoms with Gasteiger partial charge in [0.25, 0.3) is 0 Å². The zero-order valence-electron chi connectivity index (χ0n) is 11.9. The van der Waals surface area contributed by atoms with Crippen molar-refractivity contribution in [3.05, 3.63) is 35.9 Å². The second-order valence-electron chi connectivity index (χ2n) is 5.59. The maximum Gasteiger partial charge on any atom is 0.246 e. The van der Waals surface area contributed by atoms with Crippen molar-refractivity contribution in [1.82, 2.24) is 5.32 Å². The van der Waals surface area contributed by atoms with Crippen molar-refractivity contribution in [3.8, 4) is 0 Å². The van der Waals surface area contributed by atoms with Crippen LogP contribution in [0.4, 0.5) is 0 Å². The number of carbonyl (C=O) groups excluding carboxylic acids is 1. The summed E-state index contributed by atoms with van der Waals surface area (Å²) in [5, 5.41) is 13.8. The van der Waals surface area contributed by atoms with Crippen LogP contribution in [0.1, 0.15) is 31.2 Å². The van der Waals surface area contributed by atoms with Gasteiger partial charge in [-0.15, -0.1) is 11.8 Å². The van der Waals surface area contributed by atoms with Gasteiger partial charge in [-0.25, -0.2) is 0 Å². The van der Waals surface area contributed by atoms with Crippen molar-refractivity contribution in [3.63, 3.8) is 0 Å². The summed E-state index contributed by atoms with van der Waals surface area (Å²) < 4.78 is 0. The highest BCUT2D eigenvalue weighted by Gasteiger charge is 2.30. The molecular formula is C16H20N2O2S. The second-order valence-corrected chi connectivity index (χ2v) is 6.60. The summed E-state index contributed by atoms with van der Waals surface area (Å²) in [5.41, 5.74) is 1.07. The first-order valence-corrected chi connectivity index (χ1v) is 8.47. The van der Waals surface area contributed by atoms with Crippen molar-refractivity contribution in [2.24, 2.45) is 4.99 Å². The molecule has 0 bridgehead atoms. The zero-order valence-corrected chi connectivity index (χ0v) is 12.7. The van der Waals surface area contributed by atoms with Gasteiger partial charge in [-0.2, -0.15) is 0 Å². The molecule has 1 saturated carbocycles. The molecule has 3 unspecified atom stereocenters. The van der Waals surface area contributed by atoms with E-state index in [1.807, 2.05) is 30.3 Å². The first kappa shape index (κ1) is 14.6. The Morgan fingerprint density at radius 3 is 2.76 bits per heavy atom. The lowest BCUT2D eigenvalue weighted by atomic mass is 9.92. The minimum atomic E-state index is -0.408. The van der Waals surface area contributed by atoms with E-state index in [1.165, 1.54) is 0 Å². The predicted molar refractivity (Wildman–Crippen MR) is 85.6 cm³/mol. The average Bonchev–Trinajstić information content (AvgIpc) is 3.00. The Bertz CT molecular complexity index is 532. The monoisotopic (exact) mass is 304 g/mol. The lowest BCUT2D eigenvalue weighted by molar-refractivity contribution is -0.123. The van der Waals surface area contributed by atoms with Crippen LogP contribution < -0.4 is 5.32 Å². The smallest absolute Gasteiger partial charge is 0.246 e. The van der Waals surface area contributed by atoms with E-state index in [-0.39, 0.29) is 18.0 Å². The van der Waals surface area contributed by atoms with E-state index >= 15 is 0 Å². The summed E-state index contributed by atoms with van der Waals surface area (Å²) in [6, 6.07) is 9.51. The number of amides is 1. The van der Waals surface area contributed by atoms with Crippen LogP contribution in [0.5, 0.6) is 0 Å². The van der Waals surface area contributed by atoms with Gasteiger partial charge in [0.05, 0.1) is 17.2 Å². The highest BCUT2D eigenvalue weighted by molar-refractivity contribution is 8.14. The summed E-state index contributed by atoms with van der Waals surface area (Å²) in [6.07, 6.45) is 3.35. The largest absolute Gasteiger partial charge is 0.391 e. The normalized spacial score (nSPS) is 29.0. The summed E-state index contributed by atoms with van der Waals surface area (Å²) >= 11 is 1.62. The van der Waals surface area contributed by atoms with Crippen molar-refractivity contribution < 1.29 is 9.90 Å². The molecule has 0 saturated heterocycles. The number of nitrogens with one attached hydrogen (secondary N) is 1. The molecule has 1 aliphatic carbocycles. The Hall–Kier alpha value is -1.33. The van der Waals surface area contributed by atoms with Gasteiger partial charge >= 0.3 is 0 Å². The third-order valence-corrected chi connectivity index (χ3v) is 5.13. The molecule has 0 aromatic heterocycles. The lowest BCUT2D eigenvalue weighted by Crippen LogP contribution is -2.48. The molecule has 1 fully saturated rings. The maximum absolute atomic E-state index is 12.3. The number of aliphatic hydroxyl groups excluding tert-OH is 1. The number of aliphatic imine (C=N–C) groups is 1. The quantitative estimate of drug-likeness (QED) is 0.897. The highest BCUT2D eigenvalue weighted by atomic mass is 32.2. The SMILES string of the molecule is O=C(NC1CCCCC1O)C1CSC(c2ccccc2)=N1. The molecule has 1 aromatic rings. The van der Waals surface area contributed by atoms with Crippen molar-refractivity contribution in [1.29, 1.82) is 0 Å². The van der Waals surface area contributed by atoms with E-state index < -0.39 is 6.10 Å². The summed E-state index contributed by atoms with van der Waals surface area (Å²) in [7, 11) is 0. The molecular weight excluding hydrogens is 284 g/mol. The molecule has 21 heavy (non-hydrogen) atoms. The van der Waals surface area contributed by atoms with Gasteiger partial charge in [0.1, 0.15) is 6.04 Å². The Labute approximate surface area is 129 Å². The molecule has 1 amide bonds. The Kier molecular flexibility index (Phi) is 4.60. The molecule has 0 radical (unpaired) electrons.